The van der Waals surface area contributed by atoms with Crippen molar-refractivity contribution in [2.45, 2.75) is 19.5 Å². The Morgan fingerprint density at radius 2 is 1.48 bits per heavy atom. The summed E-state index contributed by atoms with van der Waals surface area (Å²) in [4.78, 5) is 0. The van der Waals surface area contributed by atoms with Gasteiger partial charge in [-0.2, -0.15) is 0 Å². The fraction of sp³-hybridized carbons (Fsp3) is 0.200. The highest BCUT2D eigenvalue weighted by Crippen LogP contribution is 2.26. The molecular formula is C15H13ClF3NO. The second-order valence-corrected chi connectivity index (χ2v) is 4.76. The van der Waals surface area contributed by atoms with Crippen molar-refractivity contribution in [1.29, 1.82) is 0 Å². The van der Waals surface area contributed by atoms with Gasteiger partial charge in [-0.25, -0.2) is 0 Å². The molecular weight excluding hydrogens is 303 g/mol. The maximum Gasteiger partial charge on any atom is 0.573 e. The van der Waals surface area contributed by atoms with E-state index in [4.69, 9.17) is 11.6 Å². The van der Waals surface area contributed by atoms with E-state index in [1.165, 1.54) is 12.1 Å². The molecule has 112 valence electrons. The summed E-state index contributed by atoms with van der Waals surface area (Å²) in [6.45, 7) is 0.706. The van der Waals surface area contributed by atoms with E-state index in [1.807, 2.05) is 18.2 Å². The molecule has 0 saturated carbocycles. The monoisotopic (exact) mass is 315 g/mol. The molecule has 0 atom stereocenters. The van der Waals surface area contributed by atoms with Gasteiger partial charge < -0.3 is 10.1 Å². The molecule has 0 saturated heterocycles. The van der Waals surface area contributed by atoms with Gasteiger partial charge in [-0.15, -0.1) is 13.2 Å². The molecule has 1 N–H and O–H groups in total. The molecule has 0 amide bonds. The van der Waals surface area contributed by atoms with Crippen LogP contribution in [0, 0.1) is 0 Å². The summed E-state index contributed by atoms with van der Waals surface area (Å²) < 4.78 is 40.9. The van der Waals surface area contributed by atoms with Gasteiger partial charge in [-0.3, -0.25) is 0 Å². The Kier molecular flexibility index (Phi) is 5.09. The van der Waals surface area contributed by atoms with Crippen LogP contribution in [0.25, 0.3) is 0 Å². The van der Waals surface area contributed by atoms with E-state index in [0.717, 1.165) is 5.56 Å². The minimum Gasteiger partial charge on any atom is -0.405 e. The van der Waals surface area contributed by atoms with Crippen LogP contribution >= 0.6 is 11.6 Å². The molecule has 0 bridgehead atoms. The zero-order chi connectivity index (χ0) is 15.3. The second kappa shape index (κ2) is 6.83. The molecule has 2 rings (SSSR count). The second-order valence-electron chi connectivity index (χ2n) is 4.35. The number of halogens is 4. The Bertz CT molecular complexity index is 601. The third kappa shape index (κ3) is 4.95. The number of nitrogens with one attached hydrogen (secondary N) is 1. The van der Waals surface area contributed by atoms with Crippen LogP contribution in [0.2, 0.25) is 5.02 Å². The number of alkyl halides is 3. The molecule has 2 nitrogen and oxygen atoms in total. The molecule has 0 aliphatic rings. The number of hydrogen-bond donors (Lipinski definition) is 1. The van der Waals surface area contributed by atoms with Crippen molar-refractivity contribution in [2.75, 3.05) is 0 Å². The van der Waals surface area contributed by atoms with E-state index in [0.29, 0.717) is 17.1 Å². The summed E-state index contributed by atoms with van der Waals surface area (Å²) in [5, 5.41) is 3.67. The van der Waals surface area contributed by atoms with Gasteiger partial charge in [0.25, 0.3) is 0 Å². The maximum atomic E-state index is 12.3. The zero-order valence-electron chi connectivity index (χ0n) is 11.0. The van der Waals surface area contributed by atoms with Crippen LogP contribution in [0.4, 0.5) is 13.2 Å². The Morgan fingerprint density at radius 3 is 2.14 bits per heavy atom. The van der Waals surface area contributed by atoms with Crippen molar-refractivity contribution in [3.8, 4) is 5.75 Å². The molecule has 0 aliphatic heterocycles. The molecule has 2 aromatic carbocycles. The first-order valence-corrected chi connectivity index (χ1v) is 6.61. The average molecular weight is 316 g/mol. The number of benzene rings is 2. The number of rotatable bonds is 5. The van der Waals surface area contributed by atoms with E-state index in [-0.39, 0.29) is 12.3 Å². The van der Waals surface area contributed by atoms with E-state index < -0.39 is 6.36 Å². The average Bonchev–Trinajstić information content (AvgIpc) is 2.41. The molecule has 2 aromatic rings. The smallest absolute Gasteiger partial charge is 0.405 e. The van der Waals surface area contributed by atoms with Crippen LogP contribution < -0.4 is 10.1 Å². The van der Waals surface area contributed by atoms with Crippen molar-refractivity contribution in [2.24, 2.45) is 0 Å². The van der Waals surface area contributed by atoms with Crippen molar-refractivity contribution in [1.82, 2.24) is 5.32 Å². The van der Waals surface area contributed by atoms with Crippen molar-refractivity contribution < 1.29 is 17.9 Å². The summed E-state index contributed by atoms with van der Waals surface area (Å²) in [7, 11) is 0. The SMILES string of the molecule is FC(F)(F)Oc1ccccc1CNCc1ccccc1Cl. The molecule has 0 unspecified atom stereocenters. The lowest BCUT2D eigenvalue weighted by Crippen LogP contribution is -2.20. The summed E-state index contributed by atoms with van der Waals surface area (Å²) in [5.74, 6) is -0.198. The van der Waals surface area contributed by atoms with Gasteiger partial charge in [0.15, 0.2) is 0 Å². The van der Waals surface area contributed by atoms with Gasteiger partial charge in [0, 0.05) is 23.7 Å². The van der Waals surface area contributed by atoms with Gasteiger partial charge >= 0.3 is 6.36 Å². The van der Waals surface area contributed by atoms with E-state index in [9.17, 15) is 13.2 Å². The van der Waals surface area contributed by atoms with Crippen LogP contribution in [0.1, 0.15) is 11.1 Å². The molecule has 0 heterocycles. The number of para-hydroxylation sites is 1. The van der Waals surface area contributed by atoms with Crippen LogP contribution in [0.5, 0.6) is 5.75 Å². The normalized spacial score (nSPS) is 11.4. The Balaban J connectivity index is 1.99. The molecule has 0 spiro atoms. The molecule has 0 aromatic heterocycles. The first kappa shape index (κ1) is 15.7. The predicted molar refractivity (Wildman–Crippen MR) is 75.1 cm³/mol. The molecule has 0 fully saturated rings. The minimum absolute atomic E-state index is 0.198. The fourth-order valence-electron chi connectivity index (χ4n) is 1.85. The van der Waals surface area contributed by atoms with Gasteiger partial charge in [0.05, 0.1) is 0 Å². The minimum atomic E-state index is -4.70. The molecule has 0 aliphatic carbocycles. The van der Waals surface area contributed by atoms with Crippen LogP contribution in [0.3, 0.4) is 0 Å². The topological polar surface area (TPSA) is 21.3 Å². The third-order valence-corrected chi connectivity index (χ3v) is 3.16. The van der Waals surface area contributed by atoms with E-state index in [1.54, 1.807) is 18.2 Å². The van der Waals surface area contributed by atoms with Gasteiger partial charge in [-0.1, -0.05) is 48.0 Å². The lowest BCUT2D eigenvalue weighted by molar-refractivity contribution is -0.274. The molecule has 21 heavy (non-hydrogen) atoms. The highest BCUT2D eigenvalue weighted by Gasteiger charge is 2.31. The van der Waals surface area contributed by atoms with Crippen LogP contribution in [-0.4, -0.2) is 6.36 Å². The molecule has 0 radical (unpaired) electrons. The van der Waals surface area contributed by atoms with Gasteiger partial charge in [0.2, 0.25) is 0 Å². The predicted octanol–water partition coefficient (Wildman–Crippen LogP) is 4.53. The number of hydrogen-bond acceptors (Lipinski definition) is 2. The van der Waals surface area contributed by atoms with Crippen molar-refractivity contribution in [3.63, 3.8) is 0 Å². The highest BCUT2D eigenvalue weighted by molar-refractivity contribution is 6.31. The molecule has 6 heteroatoms. The quantitative estimate of drug-likeness (QED) is 0.875. The zero-order valence-corrected chi connectivity index (χ0v) is 11.7. The van der Waals surface area contributed by atoms with Gasteiger partial charge in [0.1, 0.15) is 5.75 Å². The summed E-state index contributed by atoms with van der Waals surface area (Å²) >= 11 is 6.01. The third-order valence-electron chi connectivity index (χ3n) is 2.79. The summed E-state index contributed by atoms with van der Waals surface area (Å²) in [6, 6.07) is 13.3. The lowest BCUT2D eigenvalue weighted by atomic mass is 10.2. The van der Waals surface area contributed by atoms with E-state index in [2.05, 4.69) is 10.1 Å². The Labute approximate surface area is 125 Å². The Hall–Kier alpha value is -1.72. The van der Waals surface area contributed by atoms with Crippen LogP contribution in [-0.2, 0) is 13.1 Å². The van der Waals surface area contributed by atoms with Gasteiger partial charge in [-0.05, 0) is 17.7 Å². The standard InChI is InChI=1S/C15H13ClF3NO/c16-13-7-3-1-5-11(13)9-20-10-12-6-2-4-8-14(12)21-15(17,18)19/h1-8,20H,9-10H2. The maximum absolute atomic E-state index is 12.3. The summed E-state index contributed by atoms with van der Waals surface area (Å²) in [6.07, 6.45) is -4.70. The largest absolute Gasteiger partial charge is 0.573 e. The number of ether oxygens (including phenoxy) is 1. The fourth-order valence-corrected chi connectivity index (χ4v) is 2.05. The van der Waals surface area contributed by atoms with E-state index >= 15 is 0 Å². The first-order valence-electron chi connectivity index (χ1n) is 6.23. The van der Waals surface area contributed by atoms with Crippen molar-refractivity contribution in [3.05, 3.63) is 64.7 Å². The lowest BCUT2D eigenvalue weighted by Gasteiger charge is -2.13. The highest BCUT2D eigenvalue weighted by atomic mass is 35.5. The first-order chi connectivity index (χ1) is 9.96. The Morgan fingerprint density at radius 1 is 0.905 bits per heavy atom. The van der Waals surface area contributed by atoms with Crippen LogP contribution in [0.15, 0.2) is 48.5 Å². The van der Waals surface area contributed by atoms with Crippen molar-refractivity contribution >= 4 is 11.6 Å². The summed E-state index contributed by atoms with van der Waals surface area (Å²) in [5.41, 5.74) is 1.32.